The maximum atomic E-state index is 10.8. The molecular weight excluding hydrogens is 230 g/mol. The van der Waals surface area contributed by atoms with E-state index in [0.29, 0.717) is 4.88 Å². The van der Waals surface area contributed by atoms with Gasteiger partial charge in [-0.3, -0.25) is 0 Å². The van der Waals surface area contributed by atoms with E-state index >= 15 is 0 Å². The van der Waals surface area contributed by atoms with Crippen LogP contribution in [-0.4, -0.2) is 16.1 Å². The van der Waals surface area contributed by atoms with Gasteiger partial charge in [0.15, 0.2) is 0 Å². The number of aromatic nitrogens is 1. The Hall–Kier alpha value is -1.46. The summed E-state index contributed by atoms with van der Waals surface area (Å²) in [7, 11) is 0. The standard InChI is InChI=1S/C10H5NO2S2/c12-10(13)7-3-5-1-2-6-9(8(5)15-7)14-4-11-6/h1-4H,(H,12,13). The molecule has 3 rings (SSSR count). The number of thiophene rings is 1. The summed E-state index contributed by atoms with van der Waals surface area (Å²) < 4.78 is 2.09. The first kappa shape index (κ1) is 8.82. The van der Waals surface area contributed by atoms with Crippen LogP contribution in [0.15, 0.2) is 23.7 Å². The van der Waals surface area contributed by atoms with Crippen LogP contribution < -0.4 is 0 Å². The Morgan fingerprint density at radius 2 is 2.20 bits per heavy atom. The summed E-state index contributed by atoms with van der Waals surface area (Å²) in [5, 5.41) is 9.89. The van der Waals surface area contributed by atoms with Crippen molar-refractivity contribution >= 4 is 48.9 Å². The van der Waals surface area contributed by atoms with Crippen LogP contribution >= 0.6 is 22.7 Å². The maximum Gasteiger partial charge on any atom is 0.345 e. The van der Waals surface area contributed by atoms with Gasteiger partial charge in [0.2, 0.25) is 0 Å². The van der Waals surface area contributed by atoms with Crippen molar-refractivity contribution in [2.75, 3.05) is 0 Å². The molecule has 0 amide bonds. The lowest BCUT2D eigenvalue weighted by Gasteiger charge is -1.88. The maximum absolute atomic E-state index is 10.8. The highest BCUT2D eigenvalue weighted by atomic mass is 32.1. The zero-order chi connectivity index (χ0) is 10.4. The largest absolute Gasteiger partial charge is 0.477 e. The van der Waals surface area contributed by atoms with Crippen molar-refractivity contribution in [2.45, 2.75) is 0 Å². The molecular formula is C10H5NO2S2. The Morgan fingerprint density at radius 3 is 3.00 bits per heavy atom. The number of hydrogen-bond donors (Lipinski definition) is 1. The molecule has 0 spiro atoms. The number of benzene rings is 1. The van der Waals surface area contributed by atoms with E-state index in [-0.39, 0.29) is 0 Å². The van der Waals surface area contributed by atoms with Crippen LogP contribution in [-0.2, 0) is 0 Å². The summed E-state index contributed by atoms with van der Waals surface area (Å²) in [5.41, 5.74) is 2.72. The van der Waals surface area contributed by atoms with Gasteiger partial charge in [-0.05, 0) is 17.5 Å². The predicted octanol–water partition coefficient (Wildman–Crippen LogP) is 3.21. The van der Waals surface area contributed by atoms with Gasteiger partial charge in [-0.1, -0.05) is 6.07 Å². The van der Waals surface area contributed by atoms with Crippen molar-refractivity contribution in [3.63, 3.8) is 0 Å². The molecule has 0 aliphatic carbocycles. The van der Waals surface area contributed by atoms with E-state index in [2.05, 4.69) is 4.98 Å². The molecule has 2 aromatic heterocycles. The molecule has 5 heteroatoms. The molecule has 1 aromatic carbocycles. The van der Waals surface area contributed by atoms with E-state index in [1.54, 1.807) is 22.9 Å². The Morgan fingerprint density at radius 1 is 1.33 bits per heavy atom. The van der Waals surface area contributed by atoms with Crippen LogP contribution in [0.1, 0.15) is 9.67 Å². The van der Waals surface area contributed by atoms with E-state index in [1.165, 1.54) is 11.3 Å². The number of rotatable bonds is 1. The van der Waals surface area contributed by atoms with Crippen molar-refractivity contribution in [2.24, 2.45) is 0 Å². The average Bonchev–Trinajstić information content (AvgIpc) is 2.82. The van der Waals surface area contributed by atoms with Gasteiger partial charge in [0.1, 0.15) is 4.88 Å². The van der Waals surface area contributed by atoms with Gasteiger partial charge < -0.3 is 5.11 Å². The Labute approximate surface area is 92.6 Å². The van der Waals surface area contributed by atoms with E-state index in [9.17, 15) is 4.79 Å². The van der Waals surface area contributed by atoms with Gasteiger partial charge in [0.05, 0.1) is 20.4 Å². The first-order valence-electron chi connectivity index (χ1n) is 4.25. The SMILES string of the molecule is O=C(O)c1cc2ccc3ncsc3c2s1. The predicted molar refractivity (Wildman–Crippen MR) is 62.0 cm³/mol. The zero-order valence-electron chi connectivity index (χ0n) is 7.43. The van der Waals surface area contributed by atoms with Crippen LogP contribution in [0.4, 0.5) is 0 Å². The summed E-state index contributed by atoms with van der Waals surface area (Å²) >= 11 is 2.86. The van der Waals surface area contributed by atoms with Crippen molar-refractivity contribution in [1.29, 1.82) is 0 Å². The third-order valence-electron chi connectivity index (χ3n) is 2.19. The number of aromatic carboxylic acids is 1. The van der Waals surface area contributed by atoms with Gasteiger partial charge in [-0.15, -0.1) is 22.7 Å². The van der Waals surface area contributed by atoms with E-state index in [4.69, 9.17) is 5.11 Å². The third kappa shape index (κ3) is 1.24. The second-order valence-electron chi connectivity index (χ2n) is 3.10. The minimum atomic E-state index is -0.867. The number of carboxylic acid groups (broad SMARTS) is 1. The number of carbonyl (C=O) groups is 1. The third-order valence-corrected chi connectivity index (χ3v) is 4.34. The fourth-order valence-corrected chi connectivity index (χ4v) is 3.47. The number of thiazole rings is 1. The number of hydrogen-bond acceptors (Lipinski definition) is 4. The van der Waals surface area contributed by atoms with Crippen LogP contribution in [0, 0.1) is 0 Å². The molecule has 0 radical (unpaired) electrons. The smallest absolute Gasteiger partial charge is 0.345 e. The van der Waals surface area contributed by atoms with Crippen LogP contribution in [0.25, 0.3) is 20.3 Å². The molecule has 0 aliphatic rings. The molecule has 0 fully saturated rings. The Bertz CT molecular complexity index is 668. The van der Waals surface area contributed by atoms with E-state index < -0.39 is 5.97 Å². The lowest BCUT2D eigenvalue weighted by molar-refractivity contribution is 0.0702. The highest BCUT2D eigenvalue weighted by Crippen LogP contribution is 2.34. The van der Waals surface area contributed by atoms with Crippen LogP contribution in [0.2, 0.25) is 0 Å². The molecule has 0 saturated heterocycles. The summed E-state index contributed by atoms with van der Waals surface area (Å²) in [6, 6.07) is 5.55. The lowest BCUT2D eigenvalue weighted by Crippen LogP contribution is -1.89. The van der Waals surface area contributed by atoms with Gasteiger partial charge in [0, 0.05) is 0 Å². The molecule has 0 aliphatic heterocycles. The Kier molecular flexibility index (Phi) is 1.77. The normalized spacial score (nSPS) is 11.2. The zero-order valence-corrected chi connectivity index (χ0v) is 9.06. The minimum Gasteiger partial charge on any atom is -0.477 e. The van der Waals surface area contributed by atoms with E-state index in [1.807, 2.05) is 12.1 Å². The summed E-state index contributed by atoms with van der Waals surface area (Å²) in [6.45, 7) is 0. The second kappa shape index (κ2) is 3.01. The van der Waals surface area contributed by atoms with Crippen LogP contribution in [0.5, 0.6) is 0 Å². The van der Waals surface area contributed by atoms with Crippen LogP contribution in [0.3, 0.4) is 0 Å². The summed E-state index contributed by atoms with van der Waals surface area (Å²) in [4.78, 5) is 15.4. The topological polar surface area (TPSA) is 50.2 Å². The van der Waals surface area contributed by atoms with Crippen molar-refractivity contribution in [3.8, 4) is 0 Å². The molecule has 1 N–H and O–H groups in total. The van der Waals surface area contributed by atoms with Gasteiger partial charge in [0.25, 0.3) is 0 Å². The molecule has 2 heterocycles. The number of carboxylic acids is 1. The fourth-order valence-electron chi connectivity index (χ4n) is 1.52. The summed E-state index contributed by atoms with van der Waals surface area (Å²) in [6.07, 6.45) is 0. The van der Waals surface area contributed by atoms with Crippen molar-refractivity contribution in [1.82, 2.24) is 4.98 Å². The average molecular weight is 235 g/mol. The fraction of sp³-hybridized carbons (Fsp3) is 0. The first-order valence-corrected chi connectivity index (χ1v) is 5.94. The molecule has 0 unspecified atom stereocenters. The molecule has 15 heavy (non-hydrogen) atoms. The summed E-state index contributed by atoms with van der Waals surface area (Å²) in [5.74, 6) is -0.867. The van der Waals surface area contributed by atoms with Crippen molar-refractivity contribution in [3.05, 3.63) is 28.6 Å². The molecule has 0 atom stereocenters. The minimum absolute atomic E-state index is 0.380. The molecule has 3 aromatic rings. The molecule has 3 nitrogen and oxygen atoms in total. The van der Waals surface area contributed by atoms with Gasteiger partial charge >= 0.3 is 5.97 Å². The molecule has 74 valence electrons. The quantitative estimate of drug-likeness (QED) is 0.704. The first-order chi connectivity index (χ1) is 7.25. The number of fused-ring (bicyclic) bond motifs is 3. The van der Waals surface area contributed by atoms with Crippen molar-refractivity contribution < 1.29 is 9.90 Å². The highest BCUT2D eigenvalue weighted by Gasteiger charge is 2.11. The van der Waals surface area contributed by atoms with E-state index in [0.717, 1.165) is 20.3 Å². The molecule has 0 bridgehead atoms. The highest BCUT2D eigenvalue weighted by molar-refractivity contribution is 7.27. The van der Waals surface area contributed by atoms with Gasteiger partial charge in [-0.25, -0.2) is 9.78 Å². The molecule has 0 saturated carbocycles. The Balaban J connectivity index is 2.46. The second-order valence-corrected chi connectivity index (χ2v) is 5.01. The monoisotopic (exact) mass is 235 g/mol. The van der Waals surface area contributed by atoms with Gasteiger partial charge in [-0.2, -0.15) is 0 Å². The lowest BCUT2D eigenvalue weighted by atomic mass is 10.2. The number of nitrogens with zero attached hydrogens (tertiary/aromatic N) is 1.